The van der Waals surface area contributed by atoms with Crippen LogP contribution in [0.2, 0.25) is 5.02 Å². The molecule has 0 aliphatic heterocycles. The highest BCUT2D eigenvalue weighted by Gasteiger charge is 2.09. The summed E-state index contributed by atoms with van der Waals surface area (Å²) in [5, 5.41) is 0.733. The van der Waals surface area contributed by atoms with Gasteiger partial charge in [0.1, 0.15) is 0 Å². The molecule has 1 aromatic carbocycles. The van der Waals surface area contributed by atoms with Crippen molar-refractivity contribution in [2.45, 2.75) is 6.04 Å². The molecular formula is C8H10ClIN2. The van der Waals surface area contributed by atoms with Gasteiger partial charge in [0, 0.05) is 16.2 Å². The molecule has 12 heavy (non-hydrogen) atoms. The maximum Gasteiger partial charge on any atom is 0.0542 e. The molecule has 1 atom stereocenters. The van der Waals surface area contributed by atoms with Crippen LogP contribution in [0.3, 0.4) is 0 Å². The number of halogens is 2. The fourth-order valence-corrected chi connectivity index (χ4v) is 1.88. The second-order valence-corrected chi connectivity index (χ2v) is 3.97. The van der Waals surface area contributed by atoms with Gasteiger partial charge in [-0.3, -0.25) is 0 Å². The van der Waals surface area contributed by atoms with Crippen LogP contribution in [0, 0.1) is 3.57 Å². The van der Waals surface area contributed by atoms with E-state index < -0.39 is 0 Å². The van der Waals surface area contributed by atoms with Crippen LogP contribution < -0.4 is 11.5 Å². The van der Waals surface area contributed by atoms with Crippen molar-refractivity contribution in [3.8, 4) is 0 Å². The van der Waals surface area contributed by atoms with Crippen molar-refractivity contribution >= 4 is 34.2 Å². The minimum absolute atomic E-state index is 0.115. The lowest BCUT2D eigenvalue weighted by Gasteiger charge is -2.11. The lowest BCUT2D eigenvalue weighted by molar-refractivity contribution is 0.733. The molecular weight excluding hydrogens is 286 g/mol. The largest absolute Gasteiger partial charge is 0.329 e. The quantitative estimate of drug-likeness (QED) is 0.819. The second-order valence-electron chi connectivity index (χ2n) is 2.49. The van der Waals surface area contributed by atoms with Gasteiger partial charge in [-0.25, -0.2) is 0 Å². The Bertz CT molecular complexity index is 278. The molecule has 0 amide bonds. The Morgan fingerprint density at radius 3 is 2.75 bits per heavy atom. The van der Waals surface area contributed by atoms with E-state index in [1.807, 2.05) is 18.2 Å². The van der Waals surface area contributed by atoms with Crippen LogP contribution in [0.1, 0.15) is 11.6 Å². The topological polar surface area (TPSA) is 52.0 Å². The van der Waals surface area contributed by atoms with Crippen molar-refractivity contribution in [3.63, 3.8) is 0 Å². The molecule has 0 aliphatic carbocycles. The average Bonchev–Trinajstić information content (AvgIpc) is 2.08. The maximum atomic E-state index is 5.91. The van der Waals surface area contributed by atoms with Crippen molar-refractivity contribution in [2.75, 3.05) is 6.54 Å². The number of benzene rings is 1. The molecule has 1 rings (SSSR count). The first-order valence-electron chi connectivity index (χ1n) is 3.56. The molecule has 0 aromatic heterocycles. The molecule has 2 nitrogen and oxygen atoms in total. The molecule has 0 radical (unpaired) electrons. The standard InChI is InChI=1S/C8H10ClIN2/c9-6-3-1-2-5(8(6)10)7(12)4-11/h1-3,7H,4,11-12H2/t7-/m1/s1. The number of rotatable bonds is 2. The van der Waals surface area contributed by atoms with Gasteiger partial charge < -0.3 is 11.5 Å². The lowest BCUT2D eigenvalue weighted by Crippen LogP contribution is -2.21. The minimum Gasteiger partial charge on any atom is -0.329 e. The molecule has 0 saturated heterocycles. The van der Waals surface area contributed by atoms with E-state index in [2.05, 4.69) is 22.6 Å². The van der Waals surface area contributed by atoms with Gasteiger partial charge in [0.15, 0.2) is 0 Å². The number of nitrogens with two attached hydrogens (primary N) is 2. The third-order valence-electron chi connectivity index (χ3n) is 1.63. The van der Waals surface area contributed by atoms with Crippen LogP contribution >= 0.6 is 34.2 Å². The van der Waals surface area contributed by atoms with Gasteiger partial charge in [-0.15, -0.1) is 0 Å². The highest BCUT2D eigenvalue weighted by atomic mass is 127. The highest BCUT2D eigenvalue weighted by molar-refractivity contribution is 14.1. The van der Waals surface area contributed by atoms with Crippen LogP contribution in [0.25, 0.3) is 0 Å². The predicted octanol–water partition coefficient (Wildman–Crippen LogP) is 1.90. The Morgan fingerprint density at radius 1 is 1.50 bits per heavy atom. The van der Waals surface area contributed by atoms with E-state index in [-0.39, 0.29) is 6.04 Å². The molecule has 0 unspecified atom stereocenters. The zero-order chi connectivity index (χ0) is 9.14. The Balaban J connectivity index is 3.07. The Labute approximate surface area is 90.4 Å². The molecule has 0 saturated carbocycles. The van der Waals surface area contributed by atoms with Crippen molar-refractivity contribution in [1.29, 1.82) is 0 Å². The van der Waals surface area contributed by atoms with Gasteiger partial charge in [0.2, 0.25) is 0 Å². The molecule has 0 spiro atoms. The van der Waals surface area contributed by atoms with Gasteiger partial charge >= 0.3 is 0 Å². The van der Waals surface area contributed by atoms with Crippen molar-refractivity contribution in [1.82, 2.24) is 0 Å². The van der Waals surface area contributed by atoms with Crippen LogP contribution in [0.15, 0.2) is 18.2 Å². The lowest BCUT2D eigenvalue weighted by atomic mass is 10.1. The van der Waals surface area contributed by atoms with Gasteiger partial charge in [-0.05, 0) is 34.2 Å². The van der Waals surface area contributed by atoms with Crippen molar-refractivity contribution in [3.05, 3.63) is 32.4 Å². The Hall–Kier alpha value is 0.160. The smallest absolute Gasteiger partial charge is 0.0542 e. The summed E-state index contributed by atoms with van der Waals surface area (Å²) in [7, 11) is 0. The van der Waals surface area contributed by atoms with Crippen LogP contribution in [-0.4, -0.2) is 6.54 Å². The summed E-state index contributed by atoms with van der Waals surface area (Å²) in [4.78, 5) is 0. The molecule has 0 fully saturated rings. The summed E-state index contributed by atoms with van der Waals surface area (Å²) in [6, 6.07) is 5.56. The Kier molecular flexibility index (Phi) is 3.77. The van der Waals surface area contributed by atoms with Crippen molar-refractivity contribution < 1.29 is 0 Å². The first-order chi connectivity index (χ1) is 5.66. The summed E-state index contributed by atoms with van der Waals surface area (Å²) >= 11 is 8.09. The number of hydrogen-bond donors (Lipinski definition) is 2. The third kappa shape index (κ3) is 2.10. The molecule has 0 aliphatic rings. The summed E-state index contributed by atoms with van der Waals surface area (Å²) < 4.78 is 0.995. The minimum atomic E-state index is -0.115. The number of hydrogen-bond acceptors (Lipinski definition) is 2. The molecule has 4 N–H and O–H groups in total. The first kappa shape index (κ1) is 10.2. The molecule has 1 aromatic rings. The van der Waals surface area contributed by atoms with E-state index in [0.29, 0.717) is 6.54 Å². The first-order valence-corrected chi connectivity index (χ1v) is 5.02. The van der Waals surface area contributed by atoms with Gasteiger partial charge in [0.25, 0.3) is 0 Å². The summed E-state index contributed by atoms with van der Waals surface area (Å²) in [5.74, 6) is 0. The fourth-order valence-electron chi connectivity index (χ4n) is 0.934. The predicted molar refractivity (Wildman–Crippen MR) is 60.2 cm³/mol. The Morgan fingerprint density at radius 2 is 2.17 bits per heavy atom. The highest BCUT2D eigenvalue weighted by Crippen LogP contribution is 2.24. The van der Waals surface area contributed by atoms with E-state index in [0.717, 1.165) is 14.2 Å². The monoisotopic (exact) mass is 296 g/mol. The van der Waals surface area contributed by atoms with Crippen LogP contribution in [0.4, 0.5) is 0 Å². The SMILES string of the molecule is NC[C@@H](N)c1cccc(Cl)c1I. The summed E-state index contributed by atoms with van der Waals surface area (Å²) in [6.07, 6.45) is 0. The molecule has 0 bridgehead atoms. The van der Waals surface area contributed by atoms with E-state index in [9.17, 15) is 0 Å². The fraction of sp³-hybridized carbons (Fsp3) is 0.250. The van der Waals surface area contributed by atoms with E-state index in [4.69, 9.17) is 23.1 Å². The van der Waals surface area contributed by atoms with Gasteiger partial charge in [-0.2, -0.15) is 0 Å². The van der Waals surface area contributed by atoms with E-state index >= 15 is 0 Å². The van der Waals surface area contributed by atoms with Gasteiger partial charge in [0.05, 0.1) is 5.02 Å². The van der Waals surface area contributed by atoms with E-state index in [1.54, 1.807) is 0 Å². The molecule has 0 heterocycles. The van der Waals surface area contributed by atoms with Crippen LogP contribution in [0.5, 0.6) is 0 Å². The maximum absolute atomic E-state index is 5.91. The average molecular weight is 297 g/mol. The zero-order valence-corrected chi connectivity index (χ0v) is 9.34. The normalized spacial score (nSPS) is 13.0. The van der Waals surface area contributed by atoms with E-state index in [1.165, 1.54) is 0 Å². The van der Waals surface area contributed by atoms with Crippen LogP contribution in [-0.2, 0) is 0 Å². The molecule has 4 heteroatoms. The van der Waals surface area contributed by atoms with Gasteiger partial charge in [-0.1, -0.05) is 23.7 Å². The van der Waals surface area contributed by atoms with Crippen molar-refractivity contribution in [2.24, 2.45) is 11.5 Å². The zero-order valence-electron chi connectivity index (χ0n) is 6.43. The summed E-state index contributed by atoms with van der Waals surface area (Å²) in [6.45, 7) is 0.441. The summed E-state index contributed by atoms with van der Waals surface area (Å²) in [5.41, 5.74) is 12.2. The second kappa shape index (κ2) is 4.41. The molecule has 66 valence electrons. The third-order valence-corrected chi connectivity index (χ3v) is 3.47.